The van der Waals surface area contributed by atoms with Crippen LogP contribution in [0.1, 0.15) is 18.4 Å². The normalized spacial score (nSPS) is 15.9. The minimum atomic E-state index is -3.93. The van der Waals surface area contributed by atoms with Crippen LogP contribution >= 0.6 is 11.6 Å². The molecule has 2 N–H and O–H groups in total. The fraction of sp³-hybridized carbons (Fsp3) is 0.364. The number of carbonyl (C=O) groups excluding carboxylic acids is 2. The van der Waals surface area contributed by atoms with Crippen LogP contribution in [0, 0.1) is 5.82 Å². The number of ether oxygens (including phenoxy) is 1. The smallest absolute Gasteiger partial charge is 0.241 e. The van der Waals surface area contributed by atoms with E-state index in [4.69, 9.17) is 16.3 Å². The summed E-state index contributed by atoms with van der Waals surface area (Å²) in [6, 6.07) is 11.2. The number of halogens is 2. The molecule has 1 saturated heterocycles. The molecule has 2 aromatic carbocycles. The molecule has 178 valence electrons. The summed E-state index contributed by atoms with van der Waals surface area (Å²) in [7, 11) is -3.93. The SMILES string of the molecule is O=C(CN(C[C@H]1CCCO1)C(=O)CNS(=O)(=O)c1ccc(Cl)cc1)NCc1ccc(F)cc1. The van der Waals surface area contributed by atoms with Gasteiger partial charge in [-0.2, -0.15) is 0 Å². The Balaban J connectivity index is 1.59. The highest BCUT2D eigenvalue weighted by Crippen LogP contribution is 2.15. The van der Waals surface area contributed by atoms with Crippen LogP contribution in [0.5, 0.6) is 0 Å². The molecule has 0 aromatic heterocycles. The van der Waals surface area contributed by atoms with Crippen LogP contribution in [0.25, 0.3) is 0 Å². The van der Waals surface area contributed by atoms with Gasteiger partial charge in [0.1, 0.15) is 5.82 Å². The maximum atomic E-state index is 13.0. The molecule has 0 saturated carbocycles. The van der Waals surface area contributed by atoms with Gasteiger partial charge in [-0.15, -0.1) is 0 Å². The van der Waals surface area contributed by atoms with Crippen molar-refractivity contribution in [3.8, 4) is 0 Å². The molecule has 0 radical (unpaired) electrons. The quantitative estimate of drug-likeness (QED) is 0.523. The molecule has 1 heterocycles. The zero-order chi connectivity index (χ0) is 23.8. The van der Waals surface area contributed by atoms with Gasteiger partial charge in [0, 0.05) is 24.7 Å². The van der Waals surface area contributed by atoms with Crippen molar-refractivity contribution >= 4 is 33.4 Å². The zero-order valence-electron chi connectivity index (χ0n) is 17.8. The Labute approximate surface area is 197 Å². The summed E-state index contributed by atoms with van der Waals surface area (Å²) >= 11 is 5.79. The third kappa shape index (κ3) is 7.78. The Morgan fingerprint density at radius 2 is 1.82 bits per heavy atom. The van der Waals surface area contributed by atoms with E-state index in [0.29, 0.717) is 17.2 Å². The van der Waals surface area contributed by atoms with Gasteiger partial charge in [0.25, 0.3) is 0 Å². The molecule has 33 heavy (non-hydrogen) atoms. The first kappa shape index (κ1) is 25.1. The molecule has 0 spiro atoms. The van der Waals surface area contributed by atoms with Crippen LogP contribution in [0.3, 0.4) is 0 Å². The average Bonchev–Trinajstić information content (AvgIpc) is 3.30. The lowest BCUT2D eigenvalue weighted by Gasteiger charge is -2.25. The number of sulfonamides is 1. The van der Waals surface area contributed by atoms with Crippen molar-refractivity contribution in [1.29, 1.82) is 0 Å². The summed E-state index contributed by atoms with van der Waals surface area (Å²) in [5.41, 5.74) is 0.706. The predicted molar refractivity (Wildman–Crippen MR) is 120 cm³/mol. The van der Waals surface area contributed by atoms with Gasteiger partial charge >= 0.3 is 0 Å². The van der Waals surface area contributed by atoms with E-state index < -0.39 is 28.4 Å². The Kier molecular flexibility index (Phi) is 8.79. The van der Waals surface area contributed by atoms with Gasteiger partial charge < -0.3 is 15.0 Å². The monoisotopic (exact) mass is 497 g/mol. The van der Waals surface area contributed by atoms with Crippen LogP contribution in [0.2, 0.25) is 5.02 Å². The lowest BCUT2D eigenvalue weighted by molar-refractivity contribution is -0.136. The molecular weight excluding hydrogens is 473 g/mol. The van der Waals surface area contributed by atoms with Crippen LogP contribution in [-0.2, 0) is 30.9 Å². The number of carbonyl (C=O) groups is 2. The minimum Gasteiger partial charge on any atom is -0.376 e. The van der Waals surface area contributed by atoms with Crippen LogP contribution in [0.4, 0.5) is 4.39 Å². The summed E-state index contributed by atoms with van der Waals surface area (Å²) in [4.78, 5) is 26.5. The molecule has 0 unspecified atom stereocenters. The molecular formula is C22H25ClFN3O5S. The molecule has 11 heteroatoms. The van der Waals surface area contributed by atoms with Crippen molar-refractivity contribution in [2.75, 3.05) is 26.2 Å². The van der Waals surface area contributed by atoms with E-state index in [1.54, 1.807) is 12.1 Å². The highest BCUT2D eigenvalue weighted by atomic mass is 35.5. The van der Waals surface area contributed by atoms with Gasteiger partial charge in [0.2, 0.25) is 21.8 Å². The highest BCUT2D eigenvalue weighted by molar-refractivity contribution is 7.89. The van der Waals surface area contributed by atoms with Crippen molar-refractivity contribution in [1.82, 2.24) is 14.9 Å². The van der Waals surface area contributed by atoms with E-state index in [2.05, 4.69) is 10.0 Å². The van der Waals surface area contributed by atoms with Crippen LogP contribution in [-0.4, -0.2) is 57.5 Å². The molecule has 1 fully saturated rings. The number of hydrogen-bond acceptors (Lipinski definition) is 5. The minimum absolute atomic E-state index is 0.0255. The van der Waals surface area contributed by atoms with Gasteiger partial charge in [0.05, 0.1) is 24.1 Å². The molecule has 1 aliphatic rings. The first-order valence-electron chi connectivity index (χ1n) is 10.4. The molecule has 3 rings (SSSR count). The molecule has 0 aliphatic carbocycles. The number of rotatable bonds is 10. The second-order valence-corrected chi connectivity index (χ2v) is 9.79. The Morgan fingerprint density at radius 3 is 2.45 bits per heavy atom. The Bertz CT molecular complexity index is 1060. The Hall–Kier alpha value is -2.53. The summed E-state index contributed by atoms with van der Waals surface area (Å²) in [6.45, 7) is 0.147. The molecule has 8 nitrogen and oxygen atoms in total. The lowest BCUT2D eigenvalue weighted by Crippen LogP contribution is -2.47. The predicted octanol–water partition coefficient (Wildman–Crippen LogP) is 2.08. The van der Waals surface area contributed by atoms with E-state index in [-0.39, 0.29) is 36.5 Å². The van der Waals surface area contributed by atoms with Crippen molar-refractivity contribution in [2.45, 2.75) is 30.4 Å². The lowest BCUT2D eigenvalue weighted by atomic mass is 10.2. The number of nitrogens with zero attached hydrogens (tertiary/aromatic N) is 1. The summed E-state index contributed by atoms with van der Waals surface area (Å²) < 4.78 is 45.8. The average molecular weight is 498 g/mol. The van der Waals surface area contributed by atoms with E-state index in [9.17, 15) is 22.4 Å². The van der Waals surface area contributed by atoms with E-state index in [1.807, 2.05) is 0 Å². The second-order valence-electron chi connectivity index (χ2n) is 7.59. The van der Waals surface area contributed by atoms with Crippen LogP contribution < -0.4 is 10.0 Å². The molecule has 2 amide bonds. The number of nitrogens with one attached hydrogen (secondary N) is 2. The van der Waals surface area contributed by atoms with E-state index in [1.165, 1.54) is 41.3 Å². The van der Waals surface area contributed by atoms with Crippen LogP contribution in [0.15, 0.2) is 53.4 Å². The van der Waals surface area contributed by atoms with E-state index in [0.717, 1.165) is 12.8 Å². The van der Waals surface area contributed by atoms with Crippen molar-refractivity contribution in [2.24, 2.45) is 0 Å². The fourth-order valence-corrected chi connectivity index (χ4v) is 4.39. The summed E-state index contributed by atoms with van der Waals surface area (Å²) in [5, 5.41) is 3.07. The number of benzene rings is 2. The maximum absolute atomic E-state index is 13.0. The van der Waals surface area contributed by atoms with E-state index >= 15 is 0 Å². The van der Waals surface area contributed by atoms with Gasteiger partial charge in [-0.1, -0.05) is 23.7 Å². The first-order chi connectivity index (χ1) is 15.7. The summed E-state index contributed by atoms with van der Waals surface area (Å²) in [6.07, 6.45) is 1.39. The zero-order valence-corrected chi connectivity index (χ0v) is 19.4. The largest absolute Gasteiger partial charge is 0.376 e. The first-order valence-corrected chi connectivity index (χ1v) is 12.2. The third-order valence-electron chi connectivity index (χ3n) is 5.08. The molecule has 1 atom stereocenters. The second kappa shape index (κ2) is 11.6. The van der Waals surface area contributed by atoms with Gasteiger partial charge in [-0.3, -0.25) is 9.59 Å². The molecule has 1 aliphatic heterocycles. The van der Waals surface area contributed by atoms with Gasteiger partial charge in [-0.05, 0) is 54.8 Å². The standard InChI is InChI=1S/C22H25ClFN3O5S/c23-17-5-9-20(10-6-17)33(30,31)26-13-22(29)27(14-19-2-1-11-32-19)15-21(28)25-12-16-3-7-18(24)8-4-16/h3-10,19,26H,1-2,11-15H2,(H,25,28)/t19-/m1/s1. The number of hydrogen-bond donors (Lipinski definition) is 2. The fourth-order valence-electron chi connectivity index (χ4n) is 3.29. The summed E-state index contributed by atoms with van der Waals surface area (Å²) in [5.74, 6) is -1.36. The highest BCUT2D eigenvalue weighted by Gasteiger charge is 2.25. The Morgan fingerprint density at radius 1 is 1.12 bits per heavy atom. The third-order valence-corrected chi connectivity index (χ3v) is 6.74. The molecule has 0 bridgehead atoms. The maximum Gasteiger partial charge on any atom is 0.241 e. The van der Waals surface area contributed by atoms with Gasteiger partial charge in [0.15, 0.2) is 0 Å². The number of amides is 2. The van der Waals surface area contributed by atoms with Crippen molar-refractivity contribution < 1.29 is 27.1 Å². The van der Waals surface area contributed by atoms with Crippen molar-refractivity contribution in [3.05, 3.63) is 64.9 Å². The van der Waals surface area contributed by atoms with Gasteiger partial charge in [-0.25, -0.2) is 17.5 Å². The topological polar surface area (TPSA) is 105 Å². The van der Waals surface area contributed by atoms with Crippen molar-refractivity contribution in [3.63, 3.8) is 0 Å². The molecule has 2 aromatic rings.